The predicted octanol–water partition coefficient (Wildman–Crippen LogP) is 4.25. The van der Waals surface area contributed by atoms with Gasteiger partial charge < -0.3 is 15.7 Å². The number of carboxylic acid groups (broad SMARTS) is 1. The average Bonchev–Trinajstić information content (AvgIpc) is 3.57. The minimum Gasteiger partial charge on any atom is -0.475 e. The Bertz CT molecular complexity index is 1440. The molecule has 2 amide bonds. The Morgan fingerprint density at radius 3 is 2.00 bits per heavy atom. The molecule has 1 atom stereocenters. The number of nitrogens with zero attached hydrogens (tertiary/aromatic N) is 3. The van der Waals surface area contributed by atoms with E-state index in [0.29, 0.717) is 5.56 Å². The second-order valence-corrected chi connectivity index (χ2v) is 9.37. The van der Waals surface area contributed by atoms with Gasteiger partial charge >= 0.3 is 12.1 Å². The zero-order valence-corrected chi connectivity index (χ0v) is 21.6. The number of nitrogens with two attached hydrogens (primary N) is 1. The first-order valence-electron chi connectivity index (χ1n) is 12.4. The Balaban J connectivity index is 0.000000470. The molecule has 1 fully saturated rings. The highest BCUT2D eigenvalue weighted by Gasteiger charge is 2.49. The number of hydrogen-bond donors (Lipinski definition) is 2. The standard InChI is InChI=1S/C27H26N4O2.C2HF3O2/c1-30-25(33)27(29-26(30)28,22-9-3-2-4-10-22)23-11-7-8-21(18-23)19-12-14-20(15-13-19)24(32)31-16-5-6-17-31;3-2(4,5)1(6)7/h2-4,7-15,18H,5-6,16-17H2,1H3,(H2,28,29);(H,6,7). The van der Waals surface area contributed by atoms with Crippen molar-refractivity contribution in [1.29, 1.82) is 0 Å². The van der Waals surface area contributed by atoms with Crippen LogP contribution in [0, 0.1) is 0 Å². The molecule has 3 N–H and O–H groups in total. The number of guanidine groups is 1. The topological polar surface area (TPSA) is 116 Å². The molecule has 3 aromatic carbocycles. The fraction of sp³-hybridized carbons (Fsp3) is 0.241. The number of carboxylic acids is 1. The third kappa shape index (κ3) is 5.54. The summed E-state index contributed by atoms with van der Waals surface area (Å²) in [6.45, 7) is 1.66. The SMILES string of the molecule is CN1C(=O)C(c2ccccc2)(c2cccc(-c3ccc(C(=O)N4CCCC4)cc3)c2)N=C1N.O=C(O)C(F)(F)F. The lowest BCUT2D eigenvalue weighted by molar-refractivity contribution is -0.192. The molecule has 0 aliphatic carbocycles. The summed E-state index contributed by atoms with van der Waals surface area (Å²) in [5, 5.41) is 7.12. The first kappa shape index (κ1) is 28.3. The number of carbonyl (C=O) groups is 3. The summed E-state index contributed by atoms with van der Waals surface area (Å²) in [7, 11) is 1.64. The fourth-order valence-electron chi connectivity index (χ4n) is 4.70. The molecular weight excluding hydrogens is 525 g/mol. The van der Waals surface area contributed by atoms with Gasteiger partial charge in [-0.15, -0.1) is 0 Å². The van der Waals surface area contributed by atoms with Crippen molar-refractivity contribution in [3.8, 4) is 11.1 Å². The first-order valence-corrected chi connectivity index (χ1v) is 12.4. The van der Waals surface area contributed by atoms with Crippen molar-refractivity contribution in [2.75, 3.05) is 20.1 Å². The number of halogens is 3. The van der Waals surface area contributed by atoms with Crippen LogP contribution in [0.25, 0.3) is 11.1 Å². The number of rotatable bonds is 4. The molecule has 2 aliphatic rings. The molecular formula is C29H27F3N4O4. The Kier molecular flexibility index (Phi) is 7.94. The highest BCUT2D eigenvalue weighted by Crippen LogP contribution is 2.40. The van der Waals surface area contributed by atoms with E-state index in [4.69, 9.17) is 15.6 Å². The maximum absolute atomic E-state index is 13.4. The van der Waals surface area contributed by atoms with E-state index in [1.807, 2.05) is 83.8 Å². The molecule has 1 unspecified atom stereocenters. The van der Waals surface area contributed by atoms with Gasteiger partial charge in [0.15, 0.2) is 11.5 Å². The molecule has 3 aromatic rings. The van der Waals surface area contributed by atoms with Crippen LogP contribution in [-0.2, 0) is 15.1 Å². The average molecular weight is 553 g/mol. The summed E-state index contributed by atoms with van der Waals surface area (Å²) in [6.07, 6.45) is -2.94. The van der Waals surface area contributed by atoms with Crippen LogP contribution in [-0.4, -0.2) is 65.0 Å². The molecule has 2 aliphatic heterocycles. The zero-order chi connectivity index (χ0) is 29.1. The van der Waals surface area contributed by atoms with Crippen LogP contribution in [0.15, 0.2) is 83.9 Å². The van der Waals surface area contributed by atoms with Crippen molar-refractivity contribution < 1.29 is 32.7 Å². The lowest BCUT2D eigenvalue weighted by Crippen LogP contribution is -2.41. The Labute approximate surface area is 228 Å². The van der Waals surface area contributed by atoms with Gasteiger partial charge in [-0.1, -0.05) is 60.7 Å². The van der Waals surface area contributed by atoms with E-state index in [-0.39, 0.29) is 17.8 Å². The summed E-state index contributed by atoms with van der Waals surface area (Å²) in [5.74, 6) is -2.67. The monoisotopic (exact) mass is 552 g/mol. The molecule has 40 heavy (non-hydrogen) atoms. The molecule has 0 aromatic heterocycles. The van der Waals surface area contributed by atoms with Gasteiger partial charge in [0, 0.05) is 25.7 Å². The number of aliphatic carboxylic acids is 1. The quantitative estimate of drug-likeness (QED) is 0.502. The van der Waals surface area contributed by atoms with Crippen LogP contribution in [0.3, 0.4) is 0 Å². The third-order valence-electron chi connectivity index (χ3n) is 6.81. The van der Waals surface area contributed by atoms with E-state index in [2.05, 4.69) is 4.99 Å². The molecule has 11 heteroatoms. The lowest BCUT2D eigenvalue weighted by Gasteiger charge is -2.26. The van der Waals surface area contributed by atoms with Crippen molar-refractivity contribution in [3.63, 3.8) is 0 Å². The molecule has 0 radical (unpaired) electrons. The summed E-state index contributed by atoms with van der Waals surface area (Å²) >= 11 is 0. The molecule has 8 nitrogen and oxygen atoms in total. The third-order valence-corrected chi connectivity index (χ3v) is 6.81. The second-order valence-electron chi connectivity index (χ2n) is 9.37. The van der Waals surface area contributed by atoms with Crippen LogP contribution < -0.4 is 5.73 Å². The van der Waals surface area contributed by atoms with Crippen LogP contribution in [0.1, 0.15) is 34.3 Å². The van der Waals surface area contributed by atoms with Gasteiger partial charge in [-0.2, -0.15) is 13.2 Å². The van der Waals surface area contributed by atoms with Gasteiger partial charge in [-0.3, -0.25) is 14.5 Å². The number of hydrogen-bond acceptors (Lipinski definition) is 5. The smallest absolute Gasteiger partial charge is 0.475 e. The second kappa shape index (κ2) is 11.2. The normalized spacial score (nSPS) is 18.7. The highest BCUT2D eigenvalue weighted by molar-refractivity contribution is 6.09. The maximum Gasteiger partial charge on any atom is 0.490 e. The van der Waals surface area contributed by atoms with Crippen molar-refractivity contribution in [2.45, 2.75) is 24.6 Å². The number of alkyl halides is 3. The van der Waals surface area contributed by atoms with E-state index in [0.717, 1.165) is 48.2 Å². The fourth-order valence-corrected chi connectivity index (χ4v) is 4.70. The van der Waals surface area contributed by atoms with Crippen LogP contribution in [0.5, 0.6) is 0 Å². The molecule has 0 spiro atoms. The number of carbonyl (C=O) groups excluding carboxylic acids is 2. The summed E-state index contributed by atoms with van der Waals surface area (Å²) in [6, 6.07) is 25.0. The summed E-state index contributed by atoms with van der Waals surface area (Å²) in [5.41, 5.74) is 8.99. The number of amides is 2. The molecule has 5 rings (SSSR count). The van der Waals surface area contributed by atoms with Crippen LogP contribution in [0.4, 0.5) is 13.2 Å². The summed E-state index contributed by atoms with van der Waals surface area (Å²) < 4.78 is 31.7. The number of benzene rings is 3. The lowest BCUT2D eigenvalue weighted by atomic mass is 9.81. The predicted molar refractivity (Wildman–Crippen MR) is 142 cm³/mol. The highest BCUT2D eigenvalue weighted by atomic mass is 19.4. The van der Waals surface area contributed by atoms with Gasteiger partial charge in [0.1, 0.15) is 0 Å². The Morgan fingerprint density at radius 2 is 1.48 bits per heavy atom. The first-order chi connectivity index (χ1) is 18.9. The molecule has 2 heterocycles. The van der Waals surface area contributed by atoms with Crippen LogP contribution >= 0.6 is 0 Å². The van der Waals surface area contributed by atoms with Crippen molar-refractivity contribution in [1.82, 2.24) is 9.80 Å². The summed E-state index contributed by atoms with van der Waals surface area (Å²) in [4.78, 5) is 43.0. The van der Waals surface area contributed by atoms with Crippen molar-refractivity contribution in [2.24, 2.45) is 10.7 Å². The van der Waals surface area contributed by atoms with Crippen molar-refractivity contribution in [3.05, 3.63) is 95.6 Å². The van der Waals surface area contributed by atoms with E-state index in [1.165, 1.54) is 4.90 Å². The zero-order valence-electron chi connectivity index (χ0n) is 21.6. The maximum atomic E-state index is 13.4. The molecule has 0 bridgehead atoms. The number of likely N-dealkylation sites (tertiary alicyclic amines) is 1. The van der Waals surface area contributed by atoms with Crippen molar-refractivity contribution >= 4 is 23.7 Å². The van der Waals surface area contributed by atoms with E-state index < -0.39 is 17.7 Å². The van der Waals surface area contributed by atoms with E-state index in [9.17, 15) is 22.8 Å². The van der Waals surface area contributed by atoms with Gasteiger partial charge in [0.25, 0.3) is 11.8 Å². The van der Waals surface area contributed by atoms with Gasteiger partial charge in [-0.25, -0.2) is 9.79 Å². The van der Waals surface area contributed by atoms with Crippen LogP contribution in [0.2, 0.25) is 0 Å². The molecule has 1 saturated heterocycles. The van der Waals surface area contributed by atoms with E-state index >= 15 is 0 Å². The minimum atomic E-state index is -5.08. The largest absolute Gasteiger partial charge is 0.490 e. The van der Waals surface area contributed by atoms with E-state index in [1.54, 1.807) is 7.05 Å². The number of likely N-dealkylation sites (N-methyl/N-ethyl adjacent to an activating group) is 1. The Morgan fingerprint density at radius 1 is 0.900 bits per heavy atom. The Hall–Kier alpha value is -4.67. The molecule has 0 saturated carbocycles. The molecule has 208 valence electrons. The minimum absolute atomic E-state index is 0.0835. The van der Waals surface area contributed by atoms with Gasteiger partial charge in [-0.05, 0) is 53.3 Å². The van der Waals surface area contributed by atoms with Gasteiger partial charge in [0.05, 0.1) is 0 Å². The number of aliphatic imine (C=N–C) groups is 1. The van der Waals surface area contributed by atoms with Gasteiger partial charge in [0.2, 0.25) is 0 Å².